The largest absolute Gasteiger partial charge is 0.256 e. The molecule has 1 heterocycles. The Morgan fingerprint density at radius 3 is 2.93 bits per heavy atom. The van der Waals surface area contributed by atoms with Crippen LogP contribution in [0.25, 0.3) is 10.9 Å². The van der Waals surface area contributed by atoms with Gasteiger partial charge in [-0.25, -0.2) is 0 Å². The molecule has 14 heavy (non-hydrogen) atoms. The van der Waals surface area contributed by atoms with Crippen LogP contribution in [0.1, 0.15) is 25.3 Å². The average molecular weight is 185 g/mol. The maximum absolute atomic E-state index is 4.43. The molecule has 0 bridgehead atoms. The predicted octanol–water partition coefficient (Wildman–Crippen LogP) is 3.58. The fourth-order valence-electron chi connectivity index (χ4n) is 1.63. The monoisotopic (exact) mass is 185 g/mol. The molecule has 1 nitrogen and oxygen atoms in total. The number of pyridine rings is 1. The number of aryl methyl sites for hydroxylation is 1. The van der Waals surface area contributed by atoms with Crippen molar-refractivity contribution in [2.75, 3.05) is 0 Å². The van der Waals surface area contributed by atoms with Crippen molar-refractivity contribution in [3.63, 3.8) is 0 Å². The van der Waals surface area contributed by atoms with Crippen molar-refractivity contribution in [1.29, 1.82) is 0 Å². The summed E-state index contributed by atoms with van der Waals surface area (Å²) in [5.41, 5.74) is 2.44. The predicted molar refractivity (Wildman–Crippen MR) is 60.4 cm³/mol. The van der Waals surface area contributed by atoms with Gasteiger partial charge in [-0.15, -0.1) is 0 Å². The minimum Gasteiger partial charge on any atom is -0.256 e. The van der Waals surface area contributed by atoms with E-state index in [1.54, 1.807) is 0 Å². The first-order valence-corrected chi connectivity index (χ1v) is 5.24. The summed E-state index contributed by atoms with van der Waals surface area (Å²) < 4.78 is 0. The smallest absolute Gasteiger partial charge is 0.0702 e. The Morgan fingerprint density at radius 2 is 2.07 bits per heavy atom. The summed E-state index contributed by atoms with van der Waals surface area (Å²) >= 11 is 0. The summed E-state index contributed by atoms with van der Waals surface area (Å²) in [6, 6.07) is 10.5. The van der Waals surface area contributed by atoms with Crippen LogP contribution in [0.3, 0.4) is 0 Å². The van der Waals surface area contributed by atoms with Crippen molar-refractivity contribution in [3.8, 4) is 0 Å². The summed E-state index contributed by atoms with van der Waals surface area (Å²) in [7, 11) is 0. The molecule has 0 spiro atoms. The molecule has 1 aromatic heterocycles. The van der Waals surface area contributed by atoms with Crippen molar-refractivity contribution in [1.82, 2.24) is 4.98 Å². The van der Waals surface area contributed by atoms with Crippen molar-refractivity contribution < 1.29 is 0 Å². The summed E-state index contributed by atoms with van der Waals surface area (Å²) in [6.07, 6.45) is 5.64. The Balaban J connectivity index is 2.32. The highest BCUT2D eigenvalue weighted by atomic mass is 14.6. The van der Waals surface area contributed by atoms with E-state index < -0.39 is 0 Å². The molecule has 1 aromatic carbocycles. The highest BCUT2D eigenvalue weighted by molar-refractivity contribution is 5.78. The second kappa shape index (κ2) is 4.23. The first kappa shape index (κ1) is 9.20. The van der Waals surface area contributed by atoms with Crippen molar-refractivity contribution in [2.45, 2.75) is 26.2 Å². The van der Waals surface area contributed by atoms with Gasteiger partial charge >= 0.3 is 0 Å². The van der Waals surface area contributed by atoms with Crippen molar-refractivity contribution >= 4 is 10.9 Å². The summed E-state index contributed by atoms with van der Waals surface area (Å²) in [5.74, 6) is 0. The van der Waals surface area contributed by atoms with Gasteiger partial charge in [-0.05, 0) is 30.5 Å². The number of para-hydroxylation sites is 1. The number of fused-ring (bicyclic) bond motifs is 1. The first-order chi connectivity index (χ1) is 6.90. The molecule has 0 fully saturated rings. The molecule has 0 unspecified atom stereocenters. The number of nitrogens with zero attached hydrogens (tertiary/aromatic N) is 1. The van der Waals surface area contributed by atoms with Crippen LogP contribution in [0.15, 0.2) is 36.5 Å². The molecule has 0 atom stereocenters. The molecule has 2 rings (SSSR count). The highest BCUT2D eigenvalue weighted by Gasteiger charge is 1.96. The van der Waals surface area contributed by atoms with Crippen LogP contribution in [0.5, 0.6) is 0 Å². The zero-order valence-corrected chi connectivity index (χ0v) is 8.53. The summed E-state index contributed by atoms with van der Waals surface area (Å²) in [5, 5.41) is 1.25. The number of rotatable bonds is 3. The summed E-state index contributed by atoms with van der Waals surface area (Å²) in [4.78, 5) is 4.43. The van der Waals surface area contributed by atoms with Gasteiger partial charge in [0.2, 0.25) is 0 Å². The quantitative estimate of drug-likeness (QED) is 0.712. The van der Waals surface area contributed by atoms with Gasteiger partial charge in [-0.2, -0.15) is 0 Å². The van der Waals surface area contributed by atoms with Gasteiger partial charge in [0, 0.05) is 11.6 Å². The van der Waals surface area contributed by atoms with Gasteiger partial charge in [0.1, 0.15) is 0 Å². The summed E-state index contributed by atoms with van der Waals surface area (Å²) in [6.45, 7) is 2.22. The minimum absolute atomic E-state index is 1.09. The van der Waals surface area contributed by atoms with Crippen LogP contribution in [0, 0.1) is 0 Å². The molecular formula is C13H15N. The highest BCUT2D eigenvalue weighted by Crippen LogP contribution is 2.13. The van der Waals surface area contributed by atoms with Crippen LogP contribution in [-0.4, -0.2) is 4.98 Å². The molecule has 0 saturated carbocycles. The van der Waals surface area contributed by atoms with Gasteiger partial charge in [-0.1, -0.05) is 31.5 Å². The van der Waals surface area contributed by atoms with E-state index in [9.17, 15) is 0 Å². The molecule has 0 N–H and O–H groups in total. The zero-order valence-electron chi connectivity index (χ0n) is 8.53. The van der Waals surface area contributed by atoms with E-state index in [4.69, 9.17) is 0 Å². The van der Waals surface area contributed by atoms with Crippen LogP contribution < -0.4 is 0 Å². The molecular weight excluding hydrogens is 170 g/mol. The fraction of sp³-hybridized carbons (Fsp3) is 0.308. The van der Waals surface area contributed by atoms with E-state index in [0.29, 0.717) is 0 Å². The number of benzene rings is 1. The zero-order chi connectivity index (χ0) is 9.80. The lowest BCUT2D eigenvalue weighted by atomic mass is 10.1. The Bertz CT molecular complexity index is 420. The third-order valence-electron chi connectivity index (χ3n) is 2.47. The molecule has 0 amide bonds. The molecule has 0 aliphatic rings. The van der Waals surface area contributed by atoms with Gasteiger partial charge in [-0.3, -0.25) is 4.98 Å². The fourth-order valence-corrected chi connectivity index (χ4v) is 1.63. The molecule has 0 aliphatic heterocycles. The molecule has 72 valence electrons. The maximum atomic E-state index is 4.43. The molecule has 0 saturated heterocycles. The lowest BCUT2D eigenvalue weighted by Crippen LogP contribution is -1.87. The van der Waals surface area contributed by atoms with E-state index in [2.05, 4.69) is 36.2 Å². The molecule has 0 radical (unpaired) electrons. The SMILES string of the molecule is CCCCc1cnc2ccccc2c1. The first-order valence-electron chi connectivity index (χ1n) is 5.24. The number of aromatic nitrogens is 1. The van der Waals surface area contributed by atoms with Crippen LogP contribution in [0.4, 0.5) is 0 Å². The average Bonchev–Trinajstić information content (AvgIpc) is 2.26. The Kier molecular flexibility index (Phi) is 2.78. The number of unbranched alkanes of at least 4 members (excludes halogenated alkanes) is 1. The van der Waals surface area contributed by atoms with Gasteiger partial charge in [0.05, 0.1) is 5.52 Å². The van der Waals surface area contributed by atoms with E-state index >= 15 is 0 Å². The number of hydrogen-bond donors (Lipinski definition) is 0. The minimum atomic E-state index is 1.09. The Labute approximate surface area is 84.8 Å². The topological polar surface area (TPSA) is 12.9 Å². The van der Waals surface area contributed by atoms with Crippen molar-refractivity contribution in [3.05, 3.63) is 42.1 Å². The van der Waals surface area contributed by atoms with Crippen LogP contribution >= 0.6 is 0 Å². The lowest BCUT2D eigenvalue weighted by Gasteiger charge is -2.01. The van der Waals surface area contributed by atoms with E-state index in [1.807, 2.05) is 12.3 Å². The standard InChI is InChI=1S/C13H15N/c1-2-3-6-11-9-12-7-4-5-8-13(12)14-10-11/h4-5,7-10H,2-3,6H2,1H3. The van der Waals surface area contributed by atoms with Gasteiger partial charge in [0.15, 0.2) is 0 Å². The second-order valence-corrected chi connectivity index (χ2v) is 3.64. The van der Waals surface area contributed by atoms with E-state index in [0.717, 1.165) is 11.9 Å². The van der Waals surface area contributed by atoms with Crippen molar-refractivity contribution in [2.24, 2.45) is 0 Å². The van der Waals surface area contributed by atoms with E-state index in [1.165, 1.54) is 23.8 Å². The van der Waals surface area contributed by atoms with Gasteiger partial charge in [0.25, 0.3) is 0 Å². The van der Waals surface area contributed by atoms with Gasteiger partial charge < -0.3 is 0 Å². The third-order valence-corrected chi connectivity index (χ3v) is 2.47. The molecule has 0 aliphatic carbocycles. The second-order valence-electron chi connectivity index (χ2n) is 3.64. The molecule has 2 aromatic rings. The Hall–Kier alpha value is -1.37. The van der Waals surface area contributed by atoms with Crippen LogP contribution in [-0.2, 0) is 6.42 Å². The molecule has 1 heteroatoms. The lowest BCUT2D eigenvalue weighted by molar-refractivity contribution is 0.793. The Morgan fingerprint density at radius 1 is 1.21 bits per heavy atom. The van der Waals surface area contributed by atoms with E-state index in [-0.39, 0.29) is 0 Å². The maximum Gasteiger partial charge on any atom is 0.0702 e. The van der Waals surface area contributed by atoms with Crippen LogP contribution in [0.2, 0.25) is 0 Å². The number of hydrogen-bond acceptors (Lipinski definition) is 1. The third kappa shape index (κ3) is 1.92. The normalized spacial score (nSPS) is 10.6.